The van der Waals surface area contributed by atoms with Gasteiger partial charge >= 0.3 is 0 Å². The molecule has 2 rings (SSSR count). The lowest BCUT2D eigenvalue weighted by Gasteiger charge is -2.34. The number of rotatable bonds is 2. The number of nitrogens with one attached hydrogen (secondary N) is 1. The molecule has 1 saturated carbocycles. The maximum Gasteiger partial charge on any atom is 0.118 e. The van der Waals surface area contributed by atoms with Gasteiger partial charge in [0.15, 0.2) is 0 Å². The summed E-state index contributed by atoms with van der Waals surface area (Å²) in [6.07, 6.45) is 3.88. The molecule has 1 aliphatic rings. The van der Waals surface area contributed by atoms with Crippen LogP contribution >= 0.6 is 0 Å². The summed E-state index contributed by atoms with van der Waals surface area (Å²) >= 11 is 0. The van der Waals surface area contributed by atoms with Crippen molar-refractivity contribution in [1.29, 1.82) is 0 Å². The quantitative estimate of drug-likeness (QED) is 0.766. The summed E-state index contributed by atoms with van der Waals surface area (Å²) < 4.78 is 0. The van der Waals surface area contributed by atoms with Crippen LogP contribution in [0.15, 0.2) is 12.1 Å². The third-order valence-electron chi connectivity index (χ3n) is 4.32. The standard InChI is InChI=1S/C16H25NO/c1-10-5-6-14(11(2)7-10)17-15-8-13(4)16(18)9-12(15)3/h8-11,14,17-18H,5-7H2,1-4H3. The maximum absolute atomic E-state index is 9.69. The molecule has 0 aliphatic heterocycles. The van der Waals surface area contributed by atoms with Crippen molar-refractivity contribution < 1.29 is 5.11 Å². The van der Waals surface area contributed by atoms with Crippen molar-refractivity contribution in [3.8, 4) is 5.75 Å². The smallest absolute Gasteiger partial charge is 0.118 e. The molecule has 1 aromatic rings. The highest BCUT2D eigenvalue weighted by molar-refractivity contribution is 5.57. The van der Waals surface area contributed by atoms with Gasteiger partial charge in [0.25, 0.3) is 0 Å². The summed E-state index contributed by atoms with van der Waals surface area (Å²) in [5.41, 5.74) is 3.25. The van der Waals surface area contributed by atoms with Crippen LogP contribution < -0.4 is 5.32 Å². The van der Waals surface area contributed by atoms with Crippen LogP contribution in [-0.4, -0.2) is 11.1 Å². The minimum Gasteiger partial charge on any atom is -0.508 e. The van der Waals surface area contributed by atoms with E-state index in [-0.39, 0.29) is 0 Å². The van der Waals surface area contributed by atoms with Gasteiger partial charge in [-0.2, -0.15) is 0 Å². The molecule has 3 unspecified atom stereocenters. The monoisotopic (exact) mass is 247 g/mol. The van der Waals surface area contributed by atoms with E-state index in [0.29, 0.717) is 11.8 Å². The van der Waals surface area contributed by atoms with E-state index >= 15 is 0 Å². The Balaban J connectivity index is 2.12. The van der Waals surface area contributed by atoms with E-state index in [0.717, 1.165) is 23.0 Å². The number of anilines is 1. The van der Waals surface area contributed by atoms with Crippen LogP contribution in [0.1, 0.15) is 44.2 Å². The average Bonchev–Trinajstić information content (AvgIpc) is 2.29. The second-order valence-electron chi connectivity index (χ2n) is 6.10. The normalized spacial score (nSPS) is 28.1. The first kappa shape index (κ1) is 13.3. The average molecular weight is 247 g/mol. The fourth-order valence-electron chi connectivity index (χ4n) is 3.04. The van der Waals surface area contributed by atoms with Crippen molar-refractivity contribution in [3.05, 3.63) is 23.3 Å². The summed E-state index contributed by atoms with van der Waals surface area (Å²) in [7, 11) is 0. The number of aromatic hydroxyl groups is 1. The molecule has 2 nitrogen and oxygen atoms in total. The van der Waals surface area contributed by atoms with E-state index in [9.17, 15) is 5.11 Å². The number of phenolic OH excluding ortho intramolecular Hbond substituents is 1. The Morgan fingerprint density at radius 3 is 2.50 bits per heavy atom. The van der Waals surface area contributed by atoms with Crippen molar-refractivity contribution in [2.24, 2.45) is 11.8 Å². The second-order valence-corrected chi connectivity index (χ2v) is 6.10. The fourth-order valence-corrected chi connectivity index (χ4v) is 3.04. The molecule has 0 heterocycles. The van der Waals surface area contributed by atoms with Gasteiger partial charge in [0, 0.05) is 11.7 Å². The predicted molar refractivity (Wildman–Crippen MR) is 77.2 cm³/mol. The van der Waals surface area contributed by atoms with Crippen LogP contribution in [0, 0.1) is 25.7 Å². The molecule has 2 heteroatoms. The number of benzene rings is 1. The largest absolute Gasteiger partial charge is 0.508 e. The summed E-state index contributed by atoms with van der Waals surface area (Å²) in [6.45, 7) is 8.70. The van der Waals surface area contributed by atoms with Gasteiger partial charge < -0.3 is 10.4 Å². The molecule has 18 heavy (non-hydrogen) atoms. The van der Waals surface area contributed by atoms with Crippen LogP contribution in [0.5, 0.6) is 5.75 Å². The molecule has 0 radical (unpaired) electrons. The van der Waals surface area contributed by atoms with E-state index < -0.39 is 0 Å². The van der Waals surface area contributed by atoms with Gasteiger partial charge in [-0.25, -0.2) is 0 Å². The van der Waals surface area contributed by atoms with Crippen molar-refractivity contribution in [2.45, 2.75) is 53.0 Å². The van der Waals surface area contributed by atoms with Crippen molar-refractivity contribution in [2.75, 3.05) is 5.32 Å². The van der Waals surface area contributed by atoms with Crippen LogP contribution in [0.3, 0.4) is 0 Å². The summed E-state index contributed by atoms with van der Waals surface area (Å²) in [4.78, 5) is 0. The fraction of sp³-hybridized carbons (Fsp3) is 0.625. The third-order valence-corrected chi connectivity index (χ3v) is 4.32. The van der Waals surface area contributed by atoms with Crippen LogP contribution in [-0.2, 0) is 0 Å². The van der Waals surface area contributed by atoms with Crippen LogP contribution in [0.4, 0.5) is 5.69 Å². The minimum atomic E-state index is 0.392. The van der Waals surface area contributed by atoms with Gasteiger partial charge in [0.1, 0.15) is 5.75 Å². The van der Waals surface area contributed by atoms with E-state index in [1.54, 1.807) is 0 Å². The van der Waals surface area contributed by atoms with Gasteiger partial charge in [-0.1, -0.05) is 13.8 Å². The molecule has 0 aromatic heterocycles. The molecule has 1 fully saturated rings. The molecular formula is C16H25NO. The molecule has 0 spiro atoms. The molecule has 1 aliphatic carbocycles. The van der Waals surface area contributed by atoms with Gasteiger partial charge in [-0.3, -0.25) is 0 Å². The number of phenols is 1. The van der Waals surface area contributed by atoms with E-state index in [1.807, 2.05) is 13.0 Å². The number of hydrogen-bond acceptors (Lipinski definition) is 2. The molecular weight excluding hydrogens is 222 g/mol. The lowest BCUT2D eigenvalue weighted by atomic mass is 9.79. The second kappa shape index (κ2) is 5.21. The van der Waals surface area contributed by atoms with E-state index in [2.05, 4.69) is 32.2 Å². The van der Waals surface area contributed by atoms with Crippen molar-refractivity contribution >= 4 is 5.69 Å². The zero-order valence-electron chi connectivity index (χ0n) is 12.0. The molecule has 0 bridgehead atoms. The Morgan fingerprint density at radius 1 is 1.11 bits per heavy atom. The van der Waals surface area contributed by atoms with Crippen molar-refractivity contribution in [1.82, 2.24) is 0 Å². The Labute approximate surface area is 110 Å². The van der Waals surface area contributed by atoms with Gasteiger partial charge in [-0.05, 0) is 68.2 Å². The molecule has 100 valence electrons. The Morgan fingerprint density at radius 2 is 1.83 bits per heavy atom. The van der Waals surface area contributed by atoms with Crippen molar-refractivity contribution in [3.63, 3.8) is 0 Å². The summed E-state index contributed by atoms with van der Waals surface area (Å²) in [5, 5.41) is 13.4. The van der Waals surface area contributed by atoms with Crippen LogP contribution in [0.25, 0.3) is 0 Å². The number of hydrogen-bond donors (Lipinski definition) is 2. The van der Waals surface area contributed by atoms with E-state index in [1.165, 1.54) is 24.9 Å². The van der Waals surface area contributed by atoms with E-state index in [4.69, 9.17) is 0 Å². The zero-order valence-corrected chi connectivity index (χ0v) is 12.0. The predicted octanol–water partition coefficient (Wildman–Crippen LogP) is 4.25. The topological polar surface area (TPSA) is 32.3 Å². The van der Waals surface area contributed by atoms with Gasteiger partial charge in [0.2, 0.25) is 0 Å². The highest BCUT2D eigenvalue weighted by atomic mass is 16.3. The lowest BCUT2D eigenvalue weighted by Crippen LogP contribution is -2.33. The lowest BCUT2D eigenvalue weighted by molar-refractivity contribution is 0.276. The molecule has 2 N–H and O–H groups in total. The third kappa shape index (κ3) is 2.80. The zero-order chi connectivity index (χ0) is 13.3. The first-order valence-electron chi connectivity index (χ1n) is 7.04. The maximum atomic E-state index is 9.69. The Kier molecular flexibility index (Phi) is 3.84. The Bertz CT molecular complexity index is 427. The molecule has 1 aromatic carbocycles. The first-order valence-corrected chi connectivity index (χ1v) is 7.04. The molecule has 3 atom stereocenters. The molecule has 0 amide bonds. The minimum absolute atomic E-state index is 0.392. The first-order chi connectivity index (χ1) is 8.47. The highest BCUT2D eigenvalue weighted by Gasteiger charge is 2.25. The summed E-state index contributed by atoms with van der Waals surface area (Å²) in [6, 6.07) is 4.49. The number of aryl methyl sites for hydroxylation is 2. The van der Waals surface area contributed by atoms with Gasteiger partial charge in [0.05, 0.1) is 0 Å². The SMILES string of the molecule is Cc1cc(NC2CCC(C)CC2C)c(C)cc1O. The highest BCUT2D eigenvalue weighted by Crippen LogP contribution is 2.32. The summed E-state index contributed by atoms with van der Waals surface area (Å²) in [5.74, 6) is 1.98. The van der Waals surface area contributed by atoms with Crippen LogP contribution in [0.2, 0.25) is 0 Å². The Hall–Kier alpha value is -1.18. The molecule has 0 saturated heterocycles. The van der Waals surface area contributed by atoms with Gasteiger partial charge in [-0.15, -0.1) is 0 Å².